The van der Waals surface area contributed by atoms with Crippen LogP contribution in [0.4, 0.5) is 0 Å². The minimum atomic E-state index is 0.288. The van der Waals surface area contributed by atoms with Crippen LogP contribution in [0.3, 0.4) is 0 Å². The molecule has 1 aromatic carbocycles. The second-order valence-electron chi connectivity index (χ2n) is 7.04. The molecule has 5 nitrogen and oxygen atoms in total. The van der Waals surface area contributed by atoms with Gasteiger partial charge in [0.05, 0.1) is 13.2 Å². The summed E-state index contributed by atoms with van der Waals surface area (Å²) in [5.74, 6) is 1.64. The third-order valence-electron chi connectivity index (χ3n) is 5.24. The first kappa shape index (κ1) is 17.7. The molecule has 140 valence electrons. The maximum absolute atomic E-state index is 5.69. The Hall–Kier alpha value is -2.66. The Kier molecular flexibility index (Phi) is 5.49. The van der Waals surface area contributed by atoms with Crippen molar-refractivity contribution in [2.45, 2.75) is 38.3 Å². The molecule has 1 atom stereocenters. The van der Waals surface area contributed by atoms with E-state index in [0.717, 1.165) is 42.3 Å². The number of ether oxygens (including phenoxy) is 1. The van der Waals surface area contributed by atoms with Gasteiger partial charge in [-0.1, -0.05) is 18.0 Å². The van der Waals surface area contributed by atoms with Crippen LogP contribution in [0.5, 0.6) is 5.75 Å². The van der Waals surface area contributed by atoms with E-state index in [1.54, 1.807) is 7.11 Å². The molecule has 2 aromatic heterocycles. The van der Waals surface area contributed by atoms with E-state index in [0.29, 0.717) is 0 Å². The van der Waals surface area contributed by atoms with Crippen LogP contribution in [0.1, 0.15) is 43.0 Å². The summed E-state index contributed by atoms with van der Waals surface area (Å²) in [6, 6.07) is 14.5. The molecule has 0 amide bonds. The van der Waals surface area contributed by atoms with Crippen LogP contribution < -0.4 is 4.74 Å². The molecule has 27 heavy (non-hydrogen) atoms. The molecule has 4 rings (SSSR count). The van der Waals surface area contributed by atoms with Gasteiger partial charge in [-0.05, 0) is 61.3 Å². The Balaban J connectivity index is 1.56. The molecule has 5 heteroatoms. The number of nitrogens with zero attached hydrogens (tertiary/aromatic N) is 3. The van der Waals surface area contributed by atoms with E-state index in [1.165, 1.54) is 24.8 Å². The molecule has 1 aliphatic heterocycles. The zero-order valence-corrected chi connectivity index (χ0v) is 15.7. The molecule has 3 aromatic rings. The van der Waals surface area contributed by atoms with Gasteiger partial charge >= 0.3 is 0 Å². The van der Waals surface area contributed by atoms with Crippen LogP contribution in [-0.4, -0.2) is 28.7 Å². The van der Waals surface area contributed by atoms with Crippen LogP contribution in [-0.2, 0) is 6.54 Å². The number of rotatable bonds is 5. The molecule has 0 aliphatic carbocycles. The smallest absolute Gasteiger partial charge is 0.167 e. The van der Waals surface area contributed by atoms with Crippen LogP contribution in [0.2, 0.25) is 0 Å². The second-order valence-corrected chi connectivity index (χ2v) is 7.04. The van der Waals surface area contributed by atoms with Crippen LogP contribution in [0.25, 0.3) is 11.3 Å². The predicted octanol–water partition coefficient (Wildman–Crippen LogP) is 4.86. The van der Waals surface area contributed by atoms with Crippen molar-refractivity contribution in [2.24, 2.45) is 0 Å². The van der Waals surface area contributed by atoms with E-state index in [2.05, 4.69) is 33.2 Å². The highest BCUT2D eigenvalue weighted by Gasteiger charge is 2.26. The molecule has 1 saturated heterocycles. The maximum atomic E-state index is 5.69. The number of benzene rings is 1. The largest absolute Gasteiger partial charge is 0.497 e. The Labute approximate surface area is 160 Å². The maximum Gasteiger partial charge on any atom is 0.167 e. The van der Waals surface area contributed by atoms with Crippen molar-refractivity contribution in [3.05, 3.63) is 66.1 Å². The highest BCUT2D eigenvalue weighted by molar-refractivity contribution is 5.58. The predicted molar refractivity (Wildman–Crippen MR) is 104 cm³/mol. The van der Waals surface area contributed by atoms with Gasteiger partial charge in [-0.15, -0.1) is 0 Å². The van der Waals surface area contributed by atoms with Gasteiger partial charge in [-0.2, -0.15) is 0 Å². The lowest BCUT2D eigenvalue weighted by atomic mass is 10.0. The summed E-state index contributed by atoms with van der Waals surface area (Å²) in [7, 11) is 1.67. The minimum Gasteiger partial charge on any atom is -0.497 e. The van der Waals surface area contributed by atoms with Crippen molar-refractivity contribution in [1.29, 1.82) is 0 Å². The van der Waals surface area contributed by atoms with Crippen LogP contribution in [0.15, 0.2) is 59.4 Å². The molecule has 0 radical (unpaired) electrons. The van der Waals surface area contributed by atoms with Gasteiger partial charge in [0.25, 0.3) is 0 Å². The highest BCUT2D eigenvalue weighted by Crippen LogP contribution is 2.33. The van der Waals surface area contributed by atoms with Crippen molar-refractivity contribution in [3.8, 4) is 17.1 Å². The first-order chi connectivity index (χ1) is 13.3. The molecule has 1 aliphatic rings. The fourth-order valence-electron chi connectivity index (χ4n) is 3.75. The van der Waals surface area contributed by atoms with Crippen LogP contribution in [0, 0.1) is 0 Å². The lowest BCUT2D eigenvalue weighted by molar-refractivity contribution is 0.184. The van der Waals surface area contributed by atoms with E-state index < -0.39 is 0 Å². The Morgan fingerprint density at radius 2 is 1.89 bits per heavy atom. The van der Waals surface area contributed by atoms with Crippen LogP contribution >= 0.6 is 0 Å². The summed E-state index contributed by atoms with van der Waals surface area (Å²) in [5, 5.41) is 4.43. The van der Waals surface area contributed by atoms with Gasteiger partial charge in [0.2, 0.25) is 0 Å². The zero-order valence-electron chi connectivity index (χ0n) is 15.7. The lowest BCUT2D eigenvalue weighted by Crippen LogP contribution is -2.28. The third kappa shape index (κ3) is 4.19. The summed E-state index contributed by atoms with van der Waals surface area (Å²) < 4.78 is 10.9. The average molecular weight is 363 g/mol. The molecule has 0 unspecified atom stereocenters. The Morgan fingerprint density at radius 1 is 1.07 bits per heavy atom. The van der Waals surface area contributed by atoms with E-state index in [1.807, 2.05) is 36.7 Å². The van der Waals surface area contributed by atoms with Crippen molar-refractivity contribution in [1.82, 2.24) is 15.0 Å². The number of methoxy groups -OCH3 is 1. The fourth-order valence-corrected chi connectivity index (χ4v) is 3.75. The van der Waals surface area contributed by atoms with Crippen molar-refractivity contribution >= 4 is 0 Å². The number of aromatic nitrogens is 2. The SMILES string of the molecule is COc1ccc(-c2cc([C@H]3CCCCCN3Cc3ccncc3)no2)cc1. The molecule has 0 saturated carbocycles. The molecule has 0 spiro atoms. The van der Waals surface area contributed by atoms with Crippen molar-refractivity contribution in [3.63, 3.8) is 0 Å². The molecule has 0 bridgehead atoms. The van der Waals surface area contributed by atoms with Gasteiger partial charge in [0, 0.05) is 30.6 Å². The normalized spacial score (nSPS) is 18.2. The number of hydrogen-bond donors (Lipinski definition) is 0. The number of pyridine rings is 1. The van der Waals surface area contributed by atoms with Gasteiger partial charge in [-0.3, -0.25) is 9.88 Å². The molecule has 0 N–H and O–H groups in total. The average Bonchev–Trinajstić information content (AvgIpc) is 3.10. The minimum absolute atomic E-state index is 0.288. The molecular formula is C22H25N3O2. The second kappa shape index (κ2) is 8.35. The summed E-state index contributed by atoms with van der Waals surface area (Å²) in [6.45, 7) is 2.00. The van der Waals surface area contributed by atoms with Gasteiger partial charge < -0.3 is 9.26 Å². The van der Waals surface area contributed by atoms with E-state index >= 15 is 0 Å². The Bertz CT molecular complexity index is 846. The van der Waals surface area contributed by atoms with E-state index in [9.17, 15) is 0 Å². The zero-order chi connectivity index (χ0) is 18.5. The Morgan fingerprint density at radius 3 is 2.67 bits per heavy atom. The number of hydrogen-bond acceptors (Lipinski definition) is 5. The first-order valence-corrected chi connectivity index (χ1v) is 9.57. The van der Waals surface area contributed by atoms with E-state index in [-0.39, 0.29) is 6.04 Å². The topological polar surface area (TPSA) is 51.4 Å². The molecule has 3 heterocycles. The molecular weight excluding hydrogens is 338 g/mol. The number of likely N-dealkylation sites (tertiary alicyclic amines) is 1. The fraction of sp³-hybridized carbons (Fsp3) is 0.364. The monoisotopic (exact) mass is 363 g/mol. The summed E-state index contributed by atoms with van der Waals surface area (Å²) in [4.78, 5) is 6.65. The summed E-state index contributed by atoms with van der Waals surface area (Å²) >= 11 is 0. The first-order valence-electron chi connectivity index (χ1n) is 9.57. The van der Waals surface area contributed by atoms with Crippen molar-refractivity contribution < 1.29 is 9.26 Å². The third-order valence-corrected chi connectivity index (χ3v) is 5.24. The van der Waals surface area contributed by atoms with Gasteiger partial charge in [0.15, 0.2) is 5.76 Å². The van der Waals surface area contributed by atoms with Crippen molar-refractivity contribution in [2.75, 3.05) is 13.7 Å². The summed E-state index contributed by atoms with van der Waals surface area (Å²) in [6.07, 6.45) is 8.55. The molecule has 1 fully saturated rings. The van der Waals surface area contributed by atoms with E-state index in [4.69, 9.17) is 9.26 Å². The van der Waals surface area contributed by atoms with Gasteiger partial charge in [0.1, 0.15) is 11.4 Å². The van der Waals surface area contributed by atoms with Gasteiger partial charge in [-0.25, -0.2) is 0 Å². The summed E-state index contributed by atoms with van der Waals surface area (Å²) in [5.41, 5.74) is 3.33. The highest BCUT2D eigenvalue weighted by atomic mass is 16.5. The lowest BCUT2D eigenvalue weighted by Gasteiger charge is -2.28. The quantitative estimate of drug-likeness (QED) is 0.648. The standard InChI is InChI=1S/C22H25N3O2/c1-26-19-8-6-18(7-9-19)22-15-20(24-27-22)21-5-3-2-4-14-25(21)16-17-10-12-23-13-11-17/h6-13,15,21H,2-5,14,16H2,1H3/t21-/m1/s1.